The molecule has 3 heteroatoms. The predicted octanol–water partition coefficient (Wildman–Crippen LogP) is 0.504. The number of rotatable bonds is 1. The van der Waals surface area contributed by atoms with Gasteiger partial charge in [-0.15, -0.1) is 0 Å². The molecule has 0 bridgehead atoms. The van der Waals surface area contributed by atoms with Crippen LogP contribution in [-0.4, -0.2) is 22.6 Å². The monoisotopic (exact) mass is 146 g/mol. The van der Waals surface area contributed by atoms with E-state index in [0.29, 0.717) is 0 Å². The van der Waals surface area contributed by atoms with E-state index in [1.165, 1.54) is 11.8 Å². The molecule has 1 rings (SSSR count). The standard InChI is InChI=1S/C6H10O2S/c1-4-5(2-7)3-9-6(4)8/h4-5,7H,2-3H2,1H3. The smallest absolute Gasteiger partial charge is 0.192 e. The molecule has 0 aliphatic carbocycles. The van der Waals surface area contributed by atoms with E-state index in [1.54, 1.807) is 0 Å². The SMILES string of the molecule is CC1C(=O)SCC1CO. The molecule has 52 valence electrons. The Morgan fingerprint density at radius 3 is 2.78 bits per heavy atom. The third-order valence-electron chi connectivity index (χ3n) is 1.75. The van der Waals surface area contributed by atoms with Crippen molar-refractivity contribution in [3.8, 4) is 0 Å². The van der Waals surface area contributed by atoms with Crippen molar-refractivity contribution in [1.29, 1.82) is 0 Å². The lowest BCUT2D eigenvalue weighted by atomic mass is 9.99. The van der Waals surface area contributed by atoms with Crippen molar-refractivity contribution in [2.75, 3.05) is 12.4 Å². The number of aliphatic hydroxyl groups is 1. The van der Waals surface area contributed by atoms with E-state index < -0.39 is 0 Å². The molecule has 1 saturated heterocycles. The quantitative estimate of drug-likeness (QED) is 0.585. The van der Waals surface area contributed by atoms with Gasteiger partial charge in [0, 0.05) is 24.2 Å². The molecule has 2 unspecified atom stereocenters. The molecule has 1 fully saturated rings. The third-order valence-corrected chi connectivity index (χ3v) is 3.00. The summed E-state index contributed by atoms with van der Waals surface area (Å²) in [6, 6.07) is 0. The second-order valence-electron chi connectivity index (χ2n) is 2.36. The summed E-state index contributed by atoms with van der Waals surface area (Å²) in [5.74, 6) is 1.08. The average molecular weight is 146 g/mol. The molecule has 0 saturated carbocycles. The van der Waals surface area contributed by atoms with Gasteiger partial charge in [-0.3, -0.25) is 4.79 Å². The van der Waals surface area contributed by atoms with Crippen LogP contribution in [0.15, 0.2) is 0 Å². The van der Waals surface area contributed by atoms with Gasteiger partial charge in [0.1, 0.15) is 0 Å². The van der Waals surface area contributed by atoms with Gasteiger partial charge in [0.15, 0.2) is 5.12 Å². The zero-order chi connectivity index (χ0) is 6.85. The highest BCUT2D eigenvalue weighted by molar-refractivity contribution is 8.14. The Morgan fingerprint density at radius 2 is 2.56 bits per heavy atom. The van der Waals surface area contributed by atoms with Gasteiger partial charge in [0.2, 0.25) is 0 Å². The van der Waals surface area contributed by atoms with Gasteiger partial charge in [-0.25, -0.2) is 0 Å². The molecule has 0 aromatic heterocycles. The van der Waals surface area contributed by atoms with Crippen LogP contribution in [-0.2, 0) is 4.79 Å². The number of hydrogen-bond donors (Lipinski definition) is 1. The summed E-state index contributed by atoms with van der Waals surface area (Å²) in [4.78, 5) is 10.8. The zero-order valence-corrected chi connectivity index (χ0v) is 6.15. The Balaban J connectivity index is 2.51. The largest absolute Gasteiger partial charge is 0.396 e. The van der Waals surface area contributed by atoms with Crippen molar-refractivity contribution in [3.05, 3.63) is 0 Å². The van der Waals surface area contributed by atoms with E-state index >= 15 is 0 Å². The Hall–Kier alpha value is -0.0200. The minimum atomic E-state index is 0.0694. The maximum Gasteiger partial charge on any atom is 0.192 e. The number of hydrogen-bond acceptors (Lipinski definition) is 3. The predicted molar refractivity (Wildman–Crippen MR) is 37.2 cm³/mol. The maximum absolute atomic E-state index is 10.8. The van der Waals surface area contributed by atoms with Crippen molar-refractivity contribution in [1.82, 2.24) is 0 Å². The highest BCUT2D eigenvalue weighted by atomic mass is 32.2. The number of carbonyl (C=O) groups excluding carboxylic acids is 1. The van der Waals surface area contributed by atoms with Crippen molar-refractivity contribution < 1.29 is 9.90 Å². The molecule has 9 heavy (non-hydrogen) atoms. The van der Waals surface area contributed by atoms with Crippen LogP contribution >= 0.6 is 11.8 Å². The molecule has 2 nitrogen and oxygen atoms in total. The molecule has 1 aliphatic rings. The van der Waals surface area contributed by atoms with Crippen LogP contribution < -0.4 is 0 Å². The molecule has 0 aromatic rings. The summed E-state index contributed by atoms with van der Waals surface area (Å²) < 4.78 is 0. The summed E-state index contributed by atoms with van der Waals surface area (Å²) in [5.41, 5.74) is 0. The third kappa shape index (κ3) is 1.27. The second-order valence-corrected chi connectivity index (χ2v) is 3.39. The molecule has 0 spiro atoms. The van der Waals surface area contributed by atoms with Crippen LogP contribution in [0.4, 0.5) is 0 Å². The normalized spacial score (nSPS) is 35.6. The van der Waals surface area contributed by atoms with Crippen LogP contribution in [0.25, 0.3) is 0 Å². The minimum Gasteiger partial charge on any atom is -0.396 e. The lowest BCUT2D eigenvalue weighted by molar-refractivity contribution is -0.114. The van der Waals surface area contributed by atoms with Crippen LogP contribution in [0.3, 0.4) is 0 Å². The van der Waals surface area contributed by atoms with Crippen LogP contribution in [0.2, 0.25) is 0 Å². The maximum atomic E-state index is 10.8. The zero-order valence-electron chi connectivity index (χ0n) is 5.33. The molecule has 0 aromatic carbocycles. The Kier molecular flexibility index (Phi) is 2.13. The molecule has 2 atom stereocenters. The topological polar surface area (TPSA) is 37.3 Å². The summed E-state index contributed by atoms with van der Waals surface area (Å²) in [6.07, 6.45) is 0. The van der Waals surface area contributed by atoms with Gasteiger partial charge in [-0.2, -0.15) is 0 Å². The first-order chi connectivity index (χ1) is 4.25. The number of carbonyl (C=O) groups is 1. The molecular formula is C6H10O2S. The van der Waals surface area contributed by atoms with Crippen LogP contribution in [0, 0.1) is 11.8 Å². The van der Waals surface area contributed by atoms with E-state index in [-0.39, 0.29) is 23.6 Å². The first kappa shape index (κ1) is 7.09. The molecule has 1 N–H and O–H groups in total. The minimum absolute atomic E-state index is 0.0694. The fourth-order valence-electron chi connectivity index (χ4n) is 0.868. The summed E-state index contributed by atoms with van der Waals surface area (Å²) in [7, 11) is 0. The number of thioether (sulfide) groups is 1. The summed E-state index contributed by atoms with van der Waals surface area (Å²) >= 11 is 1.34. The van der Waals surface area contributed by atoms with Crippen molar-refractivity contribution in [2.45, 2.75) is 6.92 Å². The van der Waals surface area contributed by atoms with Gasteiger partial charge in [0.25, 0.3) is 0 Å². The highest BCUT2D eigenvalue weighted by Gasteiger charge is 2.30. The molecule has 0 amide bonds. The van der Waals surface area contributed by atoms with Gasteiger partial charge in [0.05, 0.1) is 0 Å². The fourth-order valence-corrected chi connectivity index (χ4v) is 2.10. The first-order valence-electron chi connectivity index (χ1n) is 3.03. The fraction of sp³-hybridized carbons (Fsp3) is 0.833. The van der Waals surface area contributed by atoms with Crippen LogP contribution in [0.5, 0.6) is 0 Å². The van der Waals surface area contributed by atoms with Crippen LogP contribution in [0.1, 0.15) is 6.92 Å². The van der Waals surface area contributed by atoms with Crippen molar-refractivity contribution >= 4 is 16.9 Å². The van der Waals surface area contributed by atoms with Gasteiger partial charge in [-0.05, 0) is 0 Å². The second kappa shape index (κ2) is 2.71. The van der Waals surface area contributed by atoms with Gasteiger partial charge < -0.3 is 5.11 Å². The van der Waals surface area contributed by atoms with E-state index in [9.17, 15) is 4.79 Å². The Bertz CT molecular complexity index is 124. The summed E-state index contributed by atoms with van der Waals surface area (Å²) in [5, 5.41) is 8.92. The van der Waals surface area contributed by atoms with E-state index in [0.717, 1.165) is 5.75 Å². The van der Waals surface area contributed by atoms with E-state index in [4.69, 9.17) is 5.11 Å². The first-order valence-corrected chi connectivity index (χ1v) is 4.01. The molecule has 0 radical (unpaired) electrons. The lowest BCUT2D eigenvalue weighted by Gasteiger charge is -2.06. The molecular weight excluding hydrogens is 136 g/mol. The lowest BCUT2D eigenvalue weighted by Crippen LogP contribution is -2.14. The molecule has 1 aliphatic heterocycles. The van der Waals surface area contributed by atoms with Gasteiger partial charge >= 0.3 is 0 Å². The van der Waals surface area contributed by atoms with Crippen molar-refractivity contribution in [3.63, 3.8) is 0 Å². The summed E-state index contributed by atoms with van der Waals surface area (Å²) in [6.45, 7) is 2.03. The Morgan fingerprint density at radius 1 is 1.89 bits per heavy atom. The number of aliphatic hydroxyl groups excluding tert-OH is 1. The highest BCUT2D eigenvalue weighted by Crippen LogP contribution is 2.30. The van der Waals surface area contributed by atoms with Gasteiger partial charge in [-0.1, -0.05) is 18.7 Å². The Labute approximate surface area is 58.6 Å². The molecule has 1 heterocycles. The van der Waals surface area contributed by atoms with E-state index in [1.807, 2.05) is 6.92 Å². The van der Waals surface area contributed by atoms with E-state index in [2.05, 4.69) is 0 Å². The van der Waals surface area contributed by atoms with Crippen molar-refractivity contribution in [2.24, 2.45) is 11.8 Å². The average Bonchev–Trinajstić information content (AvgIpc) is 2.15.